The Bertz CT molecular complexity index is 789. The lowest BCUT2D eigenvalue weighted by Gasteiger charge is -2.11. The fraction of sp³-hybridized carbons (Fsp3) is 0.0833. The minimum atomic E-state index is -3.82. The van der Waals surface area contributed by atoms with Crippen LogP contribution in [0.15, 0.2) is 33.8 Å². The van der Waals surface area contributed by atoms with E-state index in [9.17, 15) is 8.42 Å². The molecule has 112 valence electrons. The Morgan fingerprint density at radius 3 is 2.52 bits per heavy atom. The predicted octanol–water partition coefficient (Wildman–Crippen LogP) is 3.84. The summed E-state index contributed by atoms with van der Waals surface area (Å²) in [4.78, 5) is 3.82. The smallest absolute Gasteiger partial charge is 0.262 e. The Kier molecular flexibility index (Phi) is 4.67. The molecule has 2 aromatic rings. The maximum Gasteiger partial charge on any atom is 0.262 e. The second-order valence-electron chi connectivity index (χ2n) is 4.22. The molecule has 0 aliphatic heterocycles. The van der Waals surface area contributed by atoms with E-state index in [1.54, 1.807) is 6.92 Å². The first-order chi connectivity index (χ1) is 9.70. The van der Waals surface area contributed by atoms with Gasteiger partial charge >= 0.3 is 0 Å². The average Bonchev–Trinajstić information content (AvgIpc) is 2.39. The Morgan fingerprint density at radius 1 is 1.29 bits per heavy atom. The fourth-order valence-electron chi connectivity index (χ4n) is 1.52. The van der Waals surface area contributed by atoms with Gasteiger partial charge in [0, 0.05) is 10.7 Å². The van der Waals surface area contributed by atoms with E-state index in [1.807, 2.05) is 0 Å². The molecule has 1 heterocycles. The van der Waals surface area contributed by atoms with Gasteiger partial charge < -0.3 is 5.73 Å². The molecule has 1 aromatic heterocycles. The number of anilines is 2. The van der Waals surface area contributed by atoms with Gasteiger partial charge in [0.05, 0.1) is 21.3 Å². The first kappa shape index (κ1) is 16.4. The Hall–Kier alpha value is -1.02. The van der Waals surface area contributed by atoms with Crippen molar-refractivity contribution in [1.82, 2.24) is 4.98 Å². The summed E-state index contributed by atoms with van der Waals surface area (Å²) in [6.45, 7) is 1.71. The highest BCUT2D eigenvalue weighted by atomic mass is 79.9. The van der Waals surface area contributed by atoms with Gasteiger partial charge in [-0.2, -0.15) is 0 Å². The number of aromatic nitrogens is 1. The van der Waals surface area contributed by atoms with Crippen LogP contribution in [0, 0.1) is 6.92 Å². The van der Waals surface area contributed by atoms with Gasteiger partial charge in [0.25, 0.3) is 10.0 Å². The minimum Gasteiger partial charge on any atom is -0.398 e. The largest absolute Gasteiger partial charge is 0.398 e. The Balaban J connectivity index is 2.40. The van der Waals surface area contributed by atoms with Crippen LogP contribution in [0.3, 0.4) is 0 Å². The number of nitrogens with two attached hydrogens (primary N) is 1. The molecule has 0 aliphatic rings. The topological polar surface area (TPSA) is 85.1 Å². The van der Waals surface area contributed by atoms with E-state index in [0.29, 0.717) is 15.7 Å². The number of benzene rings is 1. The van der Waals surface area contributed by atoms with Crippen LogP contribution in [0.5, 0.6) is 0 Å². The molecule has 2 rings (SSSR count). The summed E-state index contributed by atoms with van der Waals surface area (Å²) >= 11 is 14.9. The van der Waals surface area contributed by atoms with Crippen LogP contribution >= 0.6 is 39.1 Å². The molecule has 0 amide bonds. The molecular weight excluding hydrogens is 401 g/mol. The van der Waals surface area contributed by atoms with E-state index in [2.05, 4.69) is 25.6 Å². The van der Waals surface area contributed by atoms with E-state index in [-0.39, 0.29) is 20.8 Å². The van der Waals surface area contributed by atoms with Crippen molar-refractivity contribution in [3.63, 3.8) is 0 Å². The molecule has 3 N–H and O–H groups in total. The molecule has 1 aromatic carbocycles. The molecule has 0 atom stereocenters. The van der Waals surface area contributed by atoms with Gasteiger partial charge in [-0.1, -0.05) is 23.2 Å². The quantitative estimate of drug-likeness (QED) is 0.594. The molecule has 0 radical (unpaired) electrons. The van der Waals surface area contributed by atoms with Crippen LogP contribution < -0.4 is 10.5 Å². The molecular formula is C12H10BrCl2N3O2S. The highest BCUT2D eigenvalue weighted by Crippen LogP contribution is 2.28. The number of halogens is 3. The third-order valence-electron chi connectivity index (χ3n) is 2.72. The molecule has 0 fully saturated rings. The second-order valence-corrected chi connectivity index (χ2v) is 7.52. The second kappa shape index (κ2) is 6.00. The molecule has 21 heavy (non-hydrogen) atoms. The van der Waals surface area contributed by atoms with E-state index in [1.165, 1.54) is 24.4 Å². The lowest BCUT2D eigenvalue weighted by molar-refractivity contribution is 0.601. The molecule has 0 saturated carbocycles. The molecule has 0 saturated heterocycles. The average molecular weight is 411 g/mol. The Labute approximate surface area is 140 Å². The van der Waals surface area contributed by atoms with Gasteiger partial charge in [0.1, 0.15) is 5.15 Å². The lowest BCUT2D eigenvalue weighted by atomic mass is 10.2. The predicted molar refractivity (Wildman–Crippen MR) is 88.4 cm³/mol. The highest BCUT2D eigenvalue weighted by Gasteiger charge is 2.17. The van der Waals surface area contributed by atoms with Gasteiger partial charge in [-0.25, -0.2) is 13.4 Å². The van der Waals surface area contributed by atoms with Crippen molar-refractivity contribution < 1.29 is 8.42 Å². The van der Waals surface area contributed by atoms with Crippen molar-refractivity contribution in [2.75, 3.05) is 10.5 Å². The first-order valence-electron chi connectivity index (χ1n) is 5.60. The molecule has 9 heteroatoms. The van der Waals surface area contributed by atoms with Gasteiger partial charge in [-0.3, -0.25) is 4.72 Å². The zero-order chi connectivity index (χ0) is 15.8. The monoisotopic (exact) mass is 409 g/mol. The standard InChI is InChI=1S/C12H10BrCl2N3O2S/c1-6-10(14)3-8(4-11(6)16)21(19,20)18-7-2-9(13)12(15)17-5-7/h2-5,18H,16H2,1H3. The minimum absolute atomic E-state index is 0.0262. The third kappa shape index (κ3) is 3.60. The normalized spacial score (nSPS) is 11.4. The summed E-state index contributed by atoms with van der Waals surface area (Å²) in [6, 6.07) is 4.20. The van der Waals surface area contributed by atoms with E-state index in [0.717, 1.165) is 0 Å². The number of nitrogen functional groups attached to an aromatic ring is 1. The molecule has 0 spiro atoms. The fourth-order valence-corrected chi connectivity index (χ4v) is 3.36. The van der Waals surface area contributed by atoms with Crippen LogP contribution in [0.1, 0.15) is 5.56 Å². The zero-order valence-corrected chi connectivity index (χ0v) is 14.6. The van der Waals surface area contributed by atoms with Crippen LogP contribution in [-0.2, 0) is 10.0 Å². The number of nitrogens with one attached hydrogen (secondary N) is 1. The van der Waals surface area contributed by atoms with Gasteiger partial charge in [0.2, 0.25) is 0 Å². The van der Waals surface area contributed by atoms with Crippen LogP contribution in [0.25, 0.3) is 0 Å². The number of sulfonamides is 1. The number of rotatable bonds is 3. The van der Waals surface area contributed by atoms with E-state index in [4.69, 9.17) is 28.9 Å². The lowest BCUT2D eigenvalue weighted by Crippen LogP contribution is -2.14. The van der Waals surface area contributed by atoms with Gasteiger partial charge in [-0.15, -0.1) is 0 Å². The molecule has 0 unspecified atom stereocenters. The third-order valence-corrected chi connectivity index (χ3v) is 5.60. The van der Waals surface area contributed by atoms with Crippen molar-refractivity contribution in [2.24, 2.45) is 0 Å². The molecule has 0 bridgehead atoms. The summed E-state index contributed by atoms with van der Waals surface area (Å²) < 4.78 is 27.5. The molecule has 5 nitrogen and oxygen atoms in total. The maximum atomic E-state index is 12.3. The van der Waals surface area contributed by atoms with E-state index < -0.39 is 10.0 Å². The van der Waals surface area contributed by atoms with Crippen molar-refractivity contribution in [1.29, 1.82) is 0 Å². The van der Waals surface area contributed by atoms with Crippen LogP contribution in [0.4, 0.5) is 11.4 Å². The van der Waals surface area contributed by atoms with Crippen molar-refractivity contribution in [3.8, 4) is 0 Å². The van der Waals surface area contributed by atoms with E-state index >= 15 is 0 Å². The highest BCUT2D eigenvalue weighted by molar-refractivity contribution is 9.10. The number of pyridine rings is 1. The summed E-state index contributed by atoms with van der Waals surface area (Å²) in [5.74, 6) is 0. The number of nitrogens with zero attached hydrogens (tertiary/aromatic N) is 1. The summed E-state index contributed by atoms with van der Waals surface area (Å²) in [7, 11) is -3.82. The van der Waals surface area contributed by atoms with Crippen molar-refractivity contribution >= 4 is 60.5 Å². The summed E-state index contributed by atoms with van der Waals surface area (Å²) in [6.07, 6.45) is 1.31. The molecule has 0 aliphatic carbocycles. The first-order valence-corrected chi connectivity index (χ1v) is 8.63. The van der Waals surface area contributed by atoms with Gasteiger partial charge in [0.15, 0.2) is 0 Å². The summed E-state index contributed by atoms with van der Waals surface area (Å²) in [5.41, 5.74) is 6.94. The SMILES string of the molecule is Cc1c(N)cc(S(=O)(=O)Nc2cnc(Cl)c(Br)c2)cc1Cl. The van der Waals surface area contributed by atoms with Crippen LogP contribution in [-0.4, -0.2) is 13.4 Å². The van der Waals surface area contributed by atoms with Crippen LogP contribution in [0.2, 0.25) is 10.2 Å². The zero-order valence-electron chi connectivity index (χ0n) is 10.7. The number of hydrogen-bond acceptors (Lipinski definition) is 4. The Morgan fingerprint density at radius 2 is 1.95 bits per heavy atom. The number of hydrogen-bond donors (Lipinski definition) is 2. The van der Waals surface area contributed by atoms with Gasteiger partial charge in [-0.05, 0) is 46.6 Å². The summed E-state index contributed by atoms with van der Waals surface area (Å²) in [5, 5.41) is 0.520. The van der Waals surface area contributed by atoms with Crippen molar-refractivity contribution in [2.45, 2.75) is 11.8 Å². The van der Waals surface area contributed by atoms with Crippen molar-refractivity contribution in [3.05, 3.63) is 44.6 Å². The maximum absolute atomic E-state index is 12.3.